The Labute approximate surface area is 115 Å². The van der Waals surface area contributed by atoms with E-state index in [9.17, 15) is 10.1 Å². The van der Waals surface area contributed by atoms with Gasteiger partial charge in [-0.3, -0.25) is 10.1 Å². The van der Waals surface area contributed by atoms with Gasteiger partial charge in [-0.1, -0.05) is 11.6 Å². The van der Waals surface area contributed by atoms with Crippen molar-refractivity contribution in [1.29, 1.82) is 0 Å². The van der Waals surface area contributed by atoms with Crippen LogP contribution in [0.5, 0.6) is 0 Å². The number of nitrogens with one attached hydrogen (secondary N) is 1. The lowest BCUT2D eigenvalue weighted by atomic mass is 10.2. The summed E-state index contributed by atoms with van der Waals surface area (Å²) in [6, 6.07) is 4.45. The quantitative estimate of drug-likeness (QED) is 0.437. The zero-order valence-corrected chi connectivity index (χ0v) is 11.3. The number of halogens is 1. The van der Waals surface area contributed by atoms with Gasteiger partial charge in [0, 0.05) is 30.0 Å². The van der Waals surface area contributed by atoms with Crippen molar-refractivity contribution < 1.29 is 10.0 Å². The summed E-state index contributed by atoms with van der Waals surface area (Å²) in [7, 11) is 0. The van der Waals surface area contributed by atoms with Gasteiger partial charge in [-0.15, -0.1) is 0 Å². The van der Waals surface area contributed by atoms with Gasteiger partial charge in [-0.25, -0.2) is 0 Å². The average Bonchev–Trinajstić information content (AvgIpc) is 2.33. The number of aliphatic hydroxyl groups is 1. The van der Waals surface area contributed by atoms with Gasteiger partial charge < -0.3 is 10.4 Å². The van der Waals surface area contributed by atoms with Crippen molar-refractivity contribution in [3.8, 4) is 0 Å². The minimum atomic E-state index is -0.433. The number of aliphatic hydroxyl groups excluding tert-OH is 1. The molecule has 100 valence electrons. The third kappa shape index (κ3) is 5.12. The van der Waals surface area contributed by atoms with Crippen LogP contribution in [0, 0.1) is 10.1 Å². The van der Waals surface area contributed by atoms with Crippen molar-refractivity contribution in [2.75, 3.05) is 30.0 Å². The Morgan fingerprint density at radius 3 is 2.89 bits per heavy atom. The van der Waals surface area contributed by atoms with E-state index in [1.807, 2.05) is 0 Å². The van der Waals surface area contributed by atoms with Crippen LogP contribution in [0.3, 0.4) is 0 Å². The predicted molar refractivity (Wildman–Crippen MR) is 75.6 cm³/mol. The molecule has 2 N–H and O–H groups in total. The topological polar surface area (TPSA) is 75.4 Å². The molecule has 1 aromatic carbocycles. The fraction of sp³-hybridized carbons (Fsp3) is 0.455. The molecule has 0 aliphatic heterocycles. The molecule has 0 unspecified atom stereocenters. The summed E-state index contributed by atoms with van der Waals surface area (Å²) in [6.07, 6.45) is 0.766. The predicted octanol–water partition coefficient (Wildman–Crippen LogP) is 2.78. The standard InChI is InChI=1S/C11H15ClN2O3S/c12-9-2-3-11(14(16)17)10(8-9)13-4-7-18-6-1-5-15/h2-3,8,13,15H,1,4-7H2. The number of nitro groups is 1. The third-order valence-electron chi connectivity index (χ3n) is 2.16. The van der Waals surface area contributed by atoms with Crippen molar-refractivity contribution in [2.24, 2.45) is 0 Å². The molecule has 0 aliphatic carbocycles. The van der Waals surface area contributed by atoms with Crippen LogP contribution in [0.25, 0.3) is 0 Å². The van der Waals surface area contributed by atoms with Crippen molar-refractivity contribution in [3.05, 3.63) is 33.3 Å². The monoisotopic (exact) mass is 290 g/mol. The molecule has 18 heavy (non-hydrogen) atoms. The zero-order chi connectivity index (χ0) is 13.4. The molecule has 0 heterocycles. The second kappa shape index (κ2) is 8.18. The Morgan fingerprint density at radius 1 is 1.44 bits per heavy atom. The second-order valence-corrected chi connectivity index (χ2v) is 5.20. The van der Waals surface area contributed by atoms with Crippen molar-refractivity contribution in [2.45, 2.75) is 6.42 Å². The molecule has 0 aliphatic rings. The highest BCUT2D eigenvalue weighted by Crippen LogP contribution is 2.27. The first-order valence-electron chi connectivity index (χ1n) is 5.51. The average molecular weight is 291 g/mol. The number of hydrogen-bond acceptors (Lipinski definition) is 5. The SMILES string of the molecule is O=[N+]([O-])c1ccc(Cl)cc1NCCSCCCO. The lowest BCUT2D eigenvalue weighted by Gasteiger charge is -2.07. The molecule has 0 bridgehead atoms. The maximum Gasteiger partial charge on any atom is 0.292 e. The van der Waals surface area contributed by atoms with Crippen LogP contribution in [0.15, 0.2) is 18.2 Å². The van der Waals surface area contributed by atoms with Crippen LogP contribution < -0.4 is 5.32 Å². The van der Waals surface area contributed by atoms with Crippen LogP contribution >= 0.6 is 23.4 Å². The normalized spacial score (nSPS) is 10.3. The summed E-state index contributed by atoms with van der Waals surface area (Å²) >= 11 is 7.50. The van der Waals surface area contributed by atoms with E-state index >= 15 is 0 Å². The smallest absolute Gasteiger partial charge is 0.292 e. The molecule has 0 saturated heterocycles. The number of anilines is 1. The van der Waals surface area contributed by atoms with Gasteiger partial charge in [0.25, 0.3) is 5.69 Å². The number of rotatable bonds is 8. The molecular weight excluding hydrogens is 276 g/mol. The van der Waals surface area contributed by atoms with Gasteiger partial charge in [0.2, 0.25) is 0 Å². The largest absolute Gasteiger partial charge is 0.396 e. The first kappa shape index (κ1) is 15.1. The Bertz CT molecular complexity index is 404. The number of hydrogen-bond donors (Lipinski definition) is 2. The Kier molecular flexibility index (Phi) is 6.85. The summed E-state index contributed by atoms with van der Waals surface area (Å²) in [5.74, 6) is 1.71. The van der Waals surface area contributed by atoms with E-state index < -0.39 is 4.92 Å². The van der Waals surface area contributed by atoms with E-state index in [0.29, 0.717) is 17.3 Å². The van der Waals surface area contributed by atoms with E-state index in [1.54, 1.807) is 17.8 Å². The molecule has 1 rings (SSSR count). The molecule has 0 aromatic heterocycles. The van der Waals surface area contributed by atoms with Gasteiger partial charge in [-0.2, -0.15) is 11.8 Å². The lowest BCUT2D eigenvalue weighted by molar-refractivity contribution is -0.384. The summed E-state index contributed by atoms with van der Waals surface area (Å²) in [5, 5.41) is 22.9. The highest BCUT2D eigenvalue weighted by molar-refractivity contribution is 7.99. The fourth-order valence-electron chi connectivity index (χ4n) is 1.34. The highest BCUT2D eigenvalue weighted by atomic mass is 35.5. The van der Waals surface area contributed by atoms with Crippen molar-refractivity contribution in [1.82, 2.24) is 0 Å². The molecule has 7 heteroatoms. The molecule has 1 aromatic rings. The van der Waals surface area contributed by atoms with Crippen LogP contribution in [-0.4, -0.2) is 34.7 Å². The first-order valence-corrected chi connectivity index (χ1v) is 7.05. The van der Waals surface area contributed by atoms with E-state index in [0.717, 1.165) is 17.9 Å². The van der Waals surface area contributed by atoms with Gasteiger partial charge in [0.05, 0.1) is 4.92 Å². The molecule has 0 saturated carbocycles. The fourth-order valence-corrected chi connectivity index (χ4v) is 2.29. The maximum atomic E-state index is 10.8. The molecule has 0 spiro atoms. The van der Waals surface area contributed by atoms with Gasteiger partial charge >= 0.3 is 0 Å². The summed E-state index contributed by atoms with van der Waals surface area (Å²) in [4.78, 5) is 10.4. The minimum absolute atomic E-state index is 0.0276. The molecule has 0 atom stereocenters. The van der Waals surface area contributed by atoms with Crippen LogP contribution in [0.1, 0.15) is 6.42 Å². The Balaban J connectivity index is 2.45. The van der Waals surface area contributed by atoms with Gasteiger partial charge in [0.15, 0.2) is 0 Å². The number of nitrogens with zero attached hydrogens (tertiary/aromatic N) is 1. The van der Waals surface area contributed by atoms with Crippen molar-refractivity contribution >= 4 is 34.7 Å². The summed E-state index contributed by atoms with van der Waals surface area (Å²) < 4.78 is 0. The highest BCUT2D eigenvalue weighted by Gasteiger charge is 2.12. The Morgan fingerprint density at radius 2 is 2.22 bits per heavy atom. The van der Waals surface area contributed by atoms with E-state index in [4.69, 9.17) is 16.7 Å². The molecular formula is C11H15ClN2O3S. The number of benzene rings is 1. The molecule has 5 nitrogen and oxygen atoms in total. The summed E-state index contributed by atoms with van der Waals surface area (Å²) in [5.41, 5.74) is 0.468. The van der Waals surface area contributed by atoms with E-state index in [1.165, 1.54) is 12.1 Å². The lowest BCUT2D eigenvalue weighted by Crippen LogP contribution is -2.06. The second-order valence-electron chi connectivity index (χ2n) is 3.53. The Hall–Kier alpha value is -0.980. The number of thioether (sulfide) groups is 1. The van der Waals surface area contributed by atoms with Crippen molar-refractivity contribution in [3.63, 3.8) is 0 Å². The van der Waals surface area contributed by atoms with E-state index in [-0.39, 0.29) is 12.3 Å². The first-order chi connectivity index (χ1) is 8.65. The molecule has 0 amide bonds. The molecule has 0 fully saturated rings. The van der Waals surface area contributed by atoms with Crippen LogP contribution in [0.2, 0.25) is 5.02 Å². The van der Waals surface area contributed by atoms with Crippen LogP contribution in [0.4, 0.5) is 11.4 Å². The van der Waals surface area contributed by atoms with E-state index in [2.05, 4.69) is 5.32 Å². The maximum absolute atomic E-state index is 10.8. The zero-order valence-electron chi connectivity index (χ0n) is 9.76. The molecule has 0 radical (unpaired) electrons. The third-order valence-corrected chi connectivity index (χ3v) is 3.47. The van der Waals surface area contributed by atoms with Crippen LogP contribution in [-0.2, 0) is 0 Å². The number of nitro benzene ring substituents is 1. The van der Waals surface area contributed by atoms with Gasteiger partial charge in [-0.05, 0) is 24.3 Å². The summed E-state index contributed by atoms with van der Waals surface area (Å²) in [6.45, 7) is 0.817. The van der Waals surface area contributed by atoms with Gasteiger partial charge in [0.1, 0.15) is 5.69 Å². The minimum Gasteiger partial charge on any atom is -0.396 e.